The number of imidazole rings is 1. The highest BCUT2D eigenvalue weighted by atomic mass is 15.1. The Balaban J connectivity index is 1.97. The van der Waals surface area contributed by atoms with Crippen LogP contribution >= 0.6 is 0 Å². The molecule has 0 radical (unpaired) electrons. The van der Waals surface area contributed by atoms with Crippen LogP contribution in [-0.2, 0) is 19.5 Å². The minimum absolute atomic E-state index is 0.531. The lowest BCUT2D eigenvalue weighted by Crippen LogP contribution is -2.26. The minimum Gasteiger partial charge on any atom is -0.331 e. The zero-order valence-corrected chi connectivity index (χ0v) is 11.9. The Bertz CT molecular complexity index is 441. The maximum atomic E-state index is 4.90. The summed E-state index contributed by atoms with van der Waals surface area (Å²) in [6, 6.07) is 0. The molecule has 1 N–H and O–H groups in total. The highest BCUT2D eigenvalue weighted by molar-refractivity contribution is 5.22. The molecule has 0 atom stereocenters. The fraction of sp³-hybridized carbons (Fsp3) is 0.800. The van der Waals surface area contributed by atoms with E-state index in [2.05, 4.69) is 30.7 Å². The summed E-state index contributed by atoms with van der Waals surface area (Å²) in [5, 5.41) is 3.44. The van der Waals surface area contributed by atoms with Crippen LogP contribution in [0.4, 0.5) is 0 Å². The smallest absolute Gasteiger partial charge is 0.111 e. The average molecular weight is 247 g/mol. The van der Waals surface area contributed by atoms with Gasteiger partial charge in [0.2, 0.25) is 0 Å². The van der Waals surface area contributed by atoms with Crippen molar-refractivity contribution in [3.05, 3.63) is 17.2 Å². The summed E-state index contributed by atoms with van der Waals surface area (Å²) in [5.74, 6) is 1.84. The molecule has 1 fully saturated rings. The van der Waals surface area contributed by atoms with Crippen molar-refractivity contribution in [1.82, 2.24) is 14.9 Å². The van der Waals surface area contributed by atoms with E-state index in [0.717, 1.165) is 19.5 Å². The van der Waals surface area contributed by atoms with Crippen molar-refractivity contribution in [3.8, 4) is 0 Å². The quantitative estimate of drug-likeness (QED) is 0.886. The Morgan fingerprint density at radius 1 is 1.39 bits per heavy atom. The van der Waals surface area contributed by atoms with Gasteiger partial charge < -0.3 is 9.88 Å². The van der Waals surface area contributed by atoms with Crippen LogP contribution in [0, 0.1) is 5.41 Å². The van der Waals surface area contributed by atoms with Gasteiger partial charge in [-0.1, -0.05) is 20.8 Å². The molecule has 3 heteroatoms. The molecule has 100 valence electrons. The first-order chi connectivity index (χ1) is 8.65. The normalized spacial score (nSPS) is 21.1. The van der Waals surface area contributed by atoms with Crippen LogP contribution < -0.4 is 5.32 Å². The molecule has 0 saturated heterocycles. The zero-order chi connectivity index (χ0) is 12.8. The third-order valence-electron chi connectivity index (χ3n) is 4.73. The van der Waals surface area contributed by atoms with E-state index in [1.165, 1.54) is 43.0 Å². The van der Waals surface area contributed by atoms with Gasteiger partial charge in [-0.2, -0.15) is 0 Å². The Kier molecular flexibility index (Phi) is 2.97. The fourth-order valence-electron chi connectivity index (χ4n) is 3.14. The third kappa shape index (κ3) is 1.99. The summed E-state index contributed by atoms with van der Waals surface area (Å²) in [6.45, 7) is 10.1. The summed E-state index contributed by atoms with van der Waals surface area (Å²) in [4.78, 5) is 4.90. The van der Waals surface area contributed by atoms with E-state index >= 15 is 0 Å². The van der Waals surface area contributed by atoms with Crippen LogP contribution in [-0.4, -0.2) is 16.1 Å². The van der Waals surface area contributed by atoms with E-state index in [1.54, 1.807) is 0 Å². The Morgan fingerprint density at radius 3 is 2.78 bits per heavy atom. The molecular weight excluding hydrogens is 222 g/mol. The second-order valence-corrected chi connectivity index (χ2v) is 6.38. The molecule has 0 amide bonds. The van der Waals surface area contributed by atoms with Crippen molar-refractivity contribution in [2.24, 2.45) is 5.41 Å². The molecule has 1 aromatic rings. The molecule has 1 aromatic heterocycles. The van der Waals surface area contributed by atoms with Gasteiger partial charge in [0.15, 0.2) is 0 Å². The Labute approximate surface area is 110 Å². The second kappa shape index (κ2) is 4.37. The summed E-state index contributed by atoms with van der Waals surface area (Å²) in [7, 11) is 0. The minimum atomic E-state index is 0.531. The van der Waals surface area contributed by atoms with Crippen LogP contribution in [0.5, 0.6) is 0 Å². The number of aromatic nitrogens is 2. The standard InChI is InChI=1S/C15H25N3/c1-4-15(6-7-15)10-18-13-5-8-16-9-12(13)17-14(18)11(2)3/h11,16H,4-10H2,1-3H3. The number of nitrogens with one attached hydrogen (secondary N) is 1. The molecule has 1 aliphatic heterocycles. The van der Waals surface area contributed by atoms with Crippen LogP contribution in [0.25, 0.3) is 0 Å². The lowest BCUT2D eigenvalue weighted by atomic mass is 10.0. The van der Waals surface area contributed by atoms with Gasteiger partial charge in [-0.05, 0) is 24.7 Å². The number of nitrogens with zero attached hydrogens (tertiary/aromatic N) is 2. The van der Waals surface area contributed by atoms with Gasteiger partial charge in [0.05, 0.1) is 5.69 Å². The van der Waals surface area contributed by atoms with Crippen molar-refractivity contribution < 1.29 is 0 Å². The lowest BCUT2D eigenvalue weighted by molar-refractivity contribution is 0.388. The molecule has 0 unspecified atom stereocenters. The molecule has 1 saturated carbocycles. The fourth-order valence-corrected chi connectivity index (χ4v) is 3.14. The van der Waals surface area contributed by atoms with Gasteiger partial charge in [-0.15, -0.1) is 0 Å². The first kappa shape index (κ1) is 12.2. The number of hydrogen-bond donors (Lipinski definition) is 1. The highest BCUT2D eigenvalue weighted by Gasteiger charge is 2.42. The van der Waals surface area contributed by atoms with Crippen molar-refractivity contribution in [2.45, 2.75) is 65.5 Å². The molecule has 0 bridgehead atoms. The Hall–Kier alpha value is -0.830. The first-order valence-corrected chi connectivity index (χ1v) is 7.44. The molecular formula is C15H25N3. The van der Waals surface area contributed by atoms with Crippen molar-refractivity contribution in [2.75, 3.05) is 6.54 Å². The van der Waals surface area contributed by atoms with E-state index in [1.807, 2.05) is 0 Å². The summed E-state index contributed by atoms with van der Waals surface area (Å²) >= 11 is 0. The molecule has 1 aliphatic carbocycles. The van der Waals surface area contributed by atoms with Crippen LogP contribution in [0.3, 0.4) is 0 Å². The van der Waals surface area contributed by atoms with Crippen molar-refractivity contribution in [3.63, 3.8) is 0 Å². The number of fused-ring (bicyclic) bond motifs is 1. The van der Waals surface area contributed by atoms with Gasteiger partial charge in [-0.25, -0.2) is 4.98 Å². The van der Waals surface area contributed by atoms with Gasteiger partial charge in [0.25, 0.3) is 0 Å². The molecule has 3 nitrogen and oxygen atoms in total. The zero-order valence-electron chi connectivity index (χ0n) is 11.9. The van der Waals surface area contributed by atoms with Crippen LogP contribution in [0.15, 0.2) is 0 Å². The van der Waals surface area contributed by atoms with Crippen LogP contribution in [0.1, 0.15) is 63.2 Å². The van der Waals surface area contributed by atoms with E-state index in [-0.39, 0.29) is 0 Å². The Morgan fingerprint density at radius 2 is 2.17 bits per heavy atom. The second-order valence-electron chi connectivity index (χ2n) is 6.38. The van der Waals surface area contributed by atoms with Crippen molar-refractivity contribution >= 4 is 0 Å². The van der Waals surface area contributed by atoms with Crippen LogP contribution in [0.2, 0.25) is 0 Å². The predicted molar refractivity (Wildman–Crippen MR) is 73.7 cm³/mol. The molecule has 2 aliphatic rings. The van der Waals surface area contributed by atoms with E-state index < -0.39 is 0 Å². The molecule has 0 aromatic carbocycles. The molecule has 18 heavy (non-hydrogen) atoms. The van der Waals surface area contributed by atoms with Gasteiger partial charge in [-0.3, -0.25) is 0 Å². The van der Waals surface area contributed by atoms with Crippen molar-refractivity contribution in [1.29, 1.82) is 0 Å². The lowest BCUT2D eigenvalue weighted by Gasteiger charge is -2.21. The molecule has 3 rings (SSSR count). The topological polar surface area (TPSA) is 29.9 Å². The van der Waals surface area contributed by atoms with Gasteiger partial charge in [0, 0.05) is 37.7 Å². The predicted octanol–water partition coefficient (Wildman–Crippen LogP) is 2.84. The van der Waals surface area contributed by atoms with E-state index in [0.29, 0.717) is 11.3 Å². The average Bonchev–Trinajstić information content (AvgIpc) is 3.05. The molecule has 2 heterocycles. The van der Waals surface area contributed by atoms with E-state index in [9.17, 15) is 0 Å². The largest absolute Gasteiger partial charge is 0.331 e. The van der Waals surface area contributed by atoms with E-state index in [4.69, 9.17) is 4.98 Å². The first-order valence-electron chi connectivity index (χ1n) is 7.44. The maximum Gasteiger partial charge on any atom is 0.111 e. The van der Waals surface area contributed by atoms with Gasteiger partial charge >= 0.3 is 0 Å². The van der Waals surface area contributed by atoms with Gasteiger partial charge in [0.1, 0.15) is 5.82 Å². The maximum absolute atomic E-state index is 4.90. The number of rotatable bonds is 4. The summed E-state index contributed by atoms with van der Waals surface area (Å²) < 4.78 is 2.57. The molecule has 0 spiro atoms. The highest BCUT2D eigenvalue weighted by Crippen LogP contribution is 2.50. The summed E-state index contributed by atoms with van der Waals surface area (Å²) in [6.07, 6.45) is 5.28. The third-order valence-corrected chi connectivity index (χ3v) is 4.73. The number of hydrogen-bond acceptors (Lipinski definition) is 2. The monoisotopic (exact) mass is 247 g/mol. The SMILES string of the molecule is CCC1(Cn2c(C(C)C)nc3c2CCNC3)CC1. The summed E-state index contributed by atoms with van der Waals surface area (Å²) in [5.41, 5.74) is 3.41.